The van der Waals surface area contributed by atoms with Crippen LogP contribution in [0.25, 0.3) is 0 Å². The van der Waals surface area contributed by atoms with Crippen molar-refractivity contribution in [1.29, 1.82) is 0 Å². The molecule has 3 atom stereocenters. The van der Waals surface area contributed by atoms with Crippen LogP contribution in [0.3, 0.4) is 0 Å². The number of thiophene rings is 1. The number of piperidine rings is 1. The van der Waals surface area contributed by atoms with E-state index in [0.29, 0.717) is 25.2 Å². The van der Waals surface area contributed by atoms with Gasteiger partial charge in [0.05, 0.1) is 0 Å². The molecule has 8 heteroatoms. The molecule has 2 bridgehead atoms. The maximum absolute atomic E-state index is 13.3. The minimum Gasteiger partial charge on any atom is -0.350 e. The molecule has 0 unspecified atom stereocenters. The van der Waals surface area contributed by atoms with Crippen LogP contribution in [0.15, 0.2) is 62.9 Å². The van der Waals surface area contributed by atoms with Crippen molar-refractivity contribution < 1.29 is 4.79 Å². The van der Waals surface area contributed by atoms with E-state index in [-0.39, 0.29) is 28.9 Å². The molecule has 3 aromatic rings. The van der Waals surface area contributed by atoms with E-state index >= 15 is 0 Å². The monoisotopic (exact) mass is 436 g/mol. The number of likely N-dealkylation sites (tertiary alicyclic amines) is 1. The lowest BCUT2D eigenvalue weighted by Gasteiger charge is -2.46. The minimum atomic E-state index is -0.546. The molecule has 2 aliphatic rings. The van der Waals surface area contributed by atoms with E-state index in [9.17, 15) is 14.4 Å². The van der Waals surface area contributed by atoms with Crippen molar-refractivity contribution >= 4 is 17.2 Å². The lowest BCUT2D eigenvalue weighted by Crippen LogP contribution is -2.53. The first kappa shape index (κ1) is 20.0. The molecule has 160 valence electrons. The summed E-state index contributed by atoms with van der Waals surface area (Å²) < 4.78 is 1.70. The Morgan fingerprint density at radius 1 is 1.16 bits per heavy atom. The van der Waals surface area contributed by atoms with E-state index in [1.165, 1.54) is 6.07 Å². The molecule has 7 nitrogen and oxygen atoms in total. The van der Waals surface area contributed by atoms with Crippen molar-refractivity contribution in [2.45, 2.75) is 31.5 Å². The van der Waals surface area contributed by atoms with Crippen LogP contribution in [0, 0.1) is 5.92 Å². The second-order valence-corrected chi connectivity index (χ2v) is 9.14. The summed E-state index contributed by atoms with van der Waals surface area (Å²) in [6, 6.07) is 10.4. The lowest BCUT2D eigenvalue weighted by molar-refractivity contribution is -0.128. The fourth-order valence-electron chi connectivity index (χ4n) is 5.00. The number of pyridine rings is 2. The van der Waals surface area contributed by atoms with Crippen LogP contribution in [-0.2, 0) is 17.9 Å². The predicted octanol–water partition coefficient (Wildman–Crippen LogP) is 2.07. The summed E-state index contributed by atoms with van der Waals surface area (Å²) in [5.41, 5.74) is 2.47. The van der Waals surface area contributed by atoms with Crippen LogP contribution in [0.5, 0.6) is 0 Å². The number of fused-ring (bicyclic) bond motifs is 4. The van der Waals surface area contributed by atoms with Crippen molar-refractivity contribution in [3.63, 3.8) is 0 Å². The van der Waals surface area contributed by atoms with Gasteiger partial charge in [0, 0.05) is 61.5 Å². The number of aromatic amines is 1. The van der Waals surface area contributed by atoms with Crippen LogP contribution in [0.1, 0.15) is 35.2 Å². The summed E-state index contributed by atoms with van der Waals surface area (Å²) >= 11 is 1.59. The van der Waals surface area contributed by atoms with Crippen LogP contribution < -0.4 is 16.4 Å². The normalized spacial score (nSPS) is 22.6. The van der Waals surface area contributed by atoms with Gasteiger partial charge in [0.25, 0.3) is 11.1 Å². The molecule has 5 heterocycles. The zero-order valence-electron chi connectivity index (χ0n) is 17.0. The van der Waals surface area contributed by atoms with Gasteiger partial charge in [-0.3, -0.25) is 23.9 Å². The molecule has 0 aliphatic carbocycles. The molecule has 5 rings (SSSR count). The summed E-state index contributed by atoms with van der Waals surface area (Å²) in [5, 5.41) is 7.03. The second-order valence-electron chi connectivity index (χ2n) is 8.36. The zero-order valence-corrected chi connectivity index (χ0v) is 17.8. The van der Waals surface area contributed by atoms with Crippen molar-refractivity contribution in [1.82, 2.24) is 19.8 Å². The van der Waals surface area contributed by atoms with Crippen LogP contribution in [0.2, 0.25) is 0 Å². The number of rotatable bonds is 5. The Bertz CT molecular complexity index is 1200. The third-order valence-electron chi connectivity index (χ3n) is 6.33. The highest BCUT2D eigenvalue weighted by atomic mass is 32.1. The van der Waals surface area contributed by atoms with Gasteiger partial charge in [-0.05, 0) is 40.9 Å². The molecule has 1 saturated heterocycles. The lowest BCUT2D eigenvalue weighted by atomic mass is 9.78. The highest BCUT2D eigenvalue weighted by molar-refractivity contribution is 7.07. The molecule has 1 amide bonds. The van der Waals surface area contributed by atoms with Crippen molar-refractivity contribution in [3.8, 4) is 0 Å². The summed E-state index contributed by atoms with van der Waals surface area (Å²) in [7, 11) is 0. The van der Waals surface area contributed by atoms with Gasteiger partial charge >= 0.3 is 0 Å². The van der Waals surface area contributed by atoms with E-state index in [1.807, 2.05) is 35.0 Å². The van der Waals surface area contributed by atoms with Gasteiger partial charge in [-0.2, -0.15) is 11.3 Å². The largest absolute Gasteiger partial charge is 0.350 e. The quantitative estimate of drug-likeness (QED) is 0.641. The van der Waals surface area contributed by atoms with Gasteiger partial charge < -0.3 is 10.3 Å². The first-order chi connectivity index (χ1) is 15.1. The molecule has 0 radical (unpaired) electrons. The Labute approximate surface area is 183 Å². The van der Waals surface area contributed by atoms with Crippen LogP contribution in [0.4, 0.5) is 0 Å². The fourth-order valence-corrected chi connectivity index (χ4v) is 5.67. The number of hydrogen-bond acceptors (Lipinski definition) is 5. The maximum Gasteiger partial charge on any atom is 0.252 e. The minimum absolute atomic E-state index is 0.0108. The molecule has 0 aromatic carbocycles. The third-order valence-corrected chi connectivity index (χ3v) is 7.06. The van der Waals surface area contributed by atoms with E-state index in [1.54, 1.807) is 28.2 Å². The summed E-state index contributed by atoms with van der Waals surface area (Å²) in [6.07, 6.45) is 2.49. The summed E-state index contributed by atoms with van der Waals surface area (Å²) in [4.78, 5) is 43.2. The van der Waals surface area contributed by atoms with Gasteiger partial charge in [-0.15, -0.1) is 0 Å². The molecular weight excluding hydrogens is 412 g/mol. The van der Waals surface area contributed by atoms with E-state index < -0.39 is 6.04 Å². The van der Waals surface area contributed by atoms with E-state index in [4.69, 9.17) is 0 Å². The predicted molar refractivity (Wildman–Crippen MR) is 119 cm³/mol. The number of hydrogen-bond donors (Lipinski definition) is 2. The fraction of sp³-hybridized carbons (Fsp3) is 0.348. The van der Waals surface area contributed by atoms with Crippen molar-refractivity contribution in [2.75, 3.05) is 13.1 Å². The van der Waals surface area contributed by atoms with Gasteiger partial charge in [-0.25, -0.2) is 0 Å². The van der Waals surface area contributed by atoms with Gasteiger partial charge in [-0.1, -0.05) is 12.1 Å². The van der Waals surface area contributed by atoms with E-state index in [2.05, 4.69) is 15.2 Å². The van der Waals surface area contributed by atoms with Gasteiger partial charge in [0.1, 0.15) is 6.04 Å². The Balaban J connectivity index is 1.44. The smallest absolute Gasteiger partial charge is 0.252 e. The Morgan fingerprint density at radius 2 is 2.06 bits per heavy atom. The molecule has 2 aliphatic heterocycles. The Hall–Kier alpha value is -2.97. The van der Waals surface area contributed by atoms with E-state index in [0.717, 1.165) is 24.2 Å². The molecule has 3 aromatic heterocycles. The molecule has 1 fully saturated rings. The molecule has 31 heavy (non-hydrogen) atoms. The number of carbonyl (C=O) groups is 1. The number of H-pyrrole nitrogens is 1. The number of nitrogens with zero attached hydrogens (tertiary/aromatic N) is 2. The van der Waals surface area contributed by atoms with Crippen molar-refractivity contribution in [2.24, 2.45) is 5.92 Å². The Morgan fingerprint density at radius 3 is 2.87 bits per heavy atom. The average Bonchev–Trinajstić information content (AvgIpc) is 3.28. The Kier molecular flexibility index (Phi) is 5.33. The second kappa shape index (κ2) is 8.28. The zero-order chi connectivity index (χ0) is 21.4. The topological polar surface area (TPSA) is 87.2 Å². The molecular formula is C23H24N4O3S. The van der Waals surface area contributed by atoms with Crippen molar-refractivity contribution in [3.05, 3.63) is 90.9 Å². The average molecular weight is 437 g/mol. The number of amides is 1. The summed E-state index contributed by atoms with van der Waals surface area (Å²) in [6.45, 7) is 2.41. The molecule has 0 spiro atoms. The number of carbonyl (C=O) groups excluding carboxylic acids is 1. The number of nitrogens with one attached hydrogen (secondary N) is 2. The SMILES string of the molecule is O=C(NCc1ccsc1)[C@H]1[C@H]2C[C@H](CN(Cc3ccc[nH]c3=O)C2)c2cccc(=O)n21. The van der Waals surface area contributed by atoms with Crippen LogP contribution >= 0.6 is 11.3 Å². The highest BCUT2D eigenvalue weighted by Crippen LogP contribution is 2.41. The van der Waals surface area contributed by atoms with Gasteiger partial charge in [0.2, 0.25) is 5.91 Å². The maximum atomic E-state index is 13.3. The van der Waals surface area contributed by atoms with Gasteiger partial charge in [0.15, 0.2) is 0 Å². The number of aromatic nitrogens is 2. The summed E-state index contributed by atoms with van der Waals surface area (Å²) in [5.74, 6) is 0.0524. The molecule has 0 saturated carbocycles. The first-order valence-corrected chi connectivity index (χ1v) is 11.4. The van der Waals surface area contributed by atoms with Crippen LogP contribution in [-0.4, -0.2) is 33.4 Å². The standard InChI is InChI=1S/C23H24N4O3S/c28-20-5-1-4-19-17-9-18(13-26(12-17)11-16-3-2-7-24-22(16)29)21(27(19)20)23(30)25-10-15-6-8-31-14-15/h1-8,14,17-18,21H,9-13H2,(H,24,29)(H,25,30)/t17-,18+,21-/m1/s1. The molecule has 2 N–H and O–H groups in total. The first-order valence-electron chi connectivity index (χ1n) is 10.5. The highest BCUT2D eigenvalue weighted by Gasteiger charge is 2.43. The third kappa shape index (κ3) is 3.88.